The van der Waals surface area contributed by atoms with E-state index in [4.69, 9.17) is 20.9 Å². The number of phenols is 1. The molecule has 0 saturated heterocycles. The average molecular weight is 660 g/mol. The molecule has 0 heterocycles. The van der Waals surface area contributed by atoms with Crippen molar-refractivity contribution in [1.82, 2.24) is 0 Å². The molecule has 6 N–H and O–H groups in total. The fraction of sp³-hybridized carbons (Fsp3) is 0.650. The lowest BCUT2D eigenvalue weighted by atomic mass is 9.74. The van der Waals surface area contributed by atoms with Crippen LogP contribution in [0.15, 0.2) is 23.2 Å². The van der Waals surface area contributed by atoms with E-state index in [0.717, 1.165) is 80.9 Å². The number of aliphatic hydroxyl groups is 1. The largest absolute Gasteiger partial charge is 0.504 e. The number of allylic oxidation sites excluding steroid dienone is 2. The number of nitrogens with zero attached hydrogens (tertiary/aromatic N) is 1. The molecular weight excluding hydrogens is 602 g/mol. The first-order valence-electron chi connectivity index (χ1n) is 18.2. The van der Waals surface area contributed by atoms with Gasteiger partial charge in [-0.3, -0.25) is 4.79 Å². The molecule has 48 heavy (non-hydrogen) atoms. The molecule has 0 spiro atoms. The summed E-state index contributed by atoms with van der Waals surface area (Å²) in [5.41, 5.74) is 14.4. The second-order valence-corrected chi connectivity index (χ2v) is 14.0. The molecule has 6 atom stereocenters. The zero-order valence-electron chi connectivity index (χ0n) is 29.3. The monoisotopic (exact) mass is 659 g/mol. The van der Waals surface area contributed by atoms with Gasteiger partial charge in [0.25, 0.3) is 0 Å². The molecule has 1 aromatic carbocycles. The molecule has 1 saturated carbocycles. The molecule has 4 aliphatic rings. The minimum absolute atomic E-state index is 0.0220. The van der Waals surface area contributed by atoms with E-state index in [0.29, 0.717) is 44.0 Å². The highest BCUT2D eigenvalue weighted by Crippen LogP contribution is 2.47. The number of rotatable bonds is 13. The van der Waals surface area contributed by atoms with E-state index in [2.05, 4.69) is 42.5 Å². The van der Waals surface area contributed by atoms with Gasteiger partial charge in [-0.25, -0.2) is 4.99 Å². The molecule has 1 aromatic rings. The Balaban J connectivity index is 1.89. The van der Waals surface area contributed by atoms with Crippen molar-refractivity contribution in [3.63, 3.8) is 0 Å². The van der Waals surface area contributed by atoms with Crippen molar-refractivity contribution >= 4 is 11.7 Å². The molecule has 262 valence electrons. The van der Waals surface area contributed by atoms with Gasteiger partial charge in [0.15, 0.2) is 23.2 Å². The van der Waals surface area contributed by atoms with E-state index in [1.54, 1.807) is 13.2 Å². The molecule has 2 bridgehead atoms. The van der Waals surface area contributed by atoms with Gasteiger partial charge in [0.2, 0.25) is 0 Å². The van der Waals surface area contributed by atoms with Gasteiger partial charge in [0, 0.05) is 50.7 Å². The molecule has 0 aromatic heterocycles. The van der Waals surface area contributed by atoms with Gasteiger partial charge in [0.1, 0.15) is 0 Å². The Morgan fingerprint density at radius 2 is 1.90 bits per heavy atom. The van der Waals surface area contributed by atoms with Crippen molar-refractivity contribution in [2.45, 2.75) is 122 Å². The number of ether oxygens (including phenoxy) is 2. The van der Waals surface area contributed by atoms with Crippen LogP contribution in [0.1, 0.15) is 120 Å². The predicted octanol–water partition coefficient (Wildman–Crippen LogP) is 6.14. The number of guanidine groups is 1. The third-order valence-electron chi connectivity index (χ3n) is 10.4. The minimum atomic E-state index is -0.226. The van der Waals surface area contributed by atoms with Crippen LogP contribution in [0, 0.1) is 47.4 Å². The molecule has 0 aliphatic heterocycles. The molecular formula is C40H57N3O5. The predicted molar refractivity (Wildman–Crippen MR) is 192 cm³/mol. The second-order valence-electron chi connectivity index (χ2n) is 14.0. The van der Waals surface area contributed by atoms with E-state index in [1.165, 1.54) is 0 Å². The van der Waals surface area contributed by atoms with Crippen molar-refractivity contribution in [1.29, 1.82) is 0 Å². The van der Waals surface area contributed by atoms with E-state index in [1.807, 2.05) is 12.1 Å². The molecule has 4 aliphatic carbocycles. The molecule has 8 heteroatoms. The number of fused-ring (bicyclic) bond motifs is 8. The Morgan fingerprint density at radius 3 is 2.60 bits per heavy atom. The van der Waals surface area contributed by atoms with E-state index in [-0.39, 0.29) is 59.9 Å². The van der Waals surface area contributed by atoms with Crippen LogP contribution in [0.25, 0.3) is 0 Å². The summed E-state index contributed by atoms with van der Waals surface area (Å²) in [6.07, 6.45) is 14.6. The van der Waals surface area contributed by atoms with E-state index in [9.17, 15) is 15.0 Å². The van der Waals surface area contributed by atoms with Crippen LogP contribution < -0.4 is 16.2 Å². The third-order valence-corrected chi connectivity index (χ3v) is 10.4. The number of nitrogens with two attached hydrogens (primary N) is 2. The van der Waals surface area contributed by atoms with Gasteiger partial charge >= 0.3 is 0 Å². The number of aryl methyl sites for hydroxylation is 1. The summed E-state index contributed by atoms with van der Waals surface area (Å²) in [6.45, 7) is 4.91. The number of benzene rings is 1. The Kier molecular flexibility index (Phi) is 14.7. The lowest BCUT2D eigenvalue weighted by Crippen LogP contribution is -2.30. The standard InChI is InChI=1S/C40H57N3O5/c1-4-28(23-24-44)14-18-32(45)19-15-30-25-37(48-33-11-7-8-12-33)39(46)38-34(30)21-16-29-10-6-5-9-27(2)13-20-35(38)31(26-47-3)17-22-36(29)43-40(41)42/h14,18,25,27-29,31,33,35-36,44,46H,4,7-13,15,17,19-20,22-24,26H2,1-3H3,(H4,41,42,43). The Hall–Kier alpha value is -3.46. The molecule has 0 amide bonds. The fourth-order valence-electron chi connectivity index (χ4n) is 7.50. The minimum Gasteiger partial charge on any atom is -0.504 e. The number of hydrogen-bond acceptors (Lipinski definition) is 6. The number of phenolic OH excluding ortho intramolecular Hbond substituents is 1. The quantitative estimate of drug-likeness (QED) is 0.0863. The number of methoxy groups -OCH3 is 1. The van der Waals surface area contributed by atoms with Crippen LogP contribution >= 0.6 is 0 Å². The maximum atomic E-state index is 13.2. The Labute approximate surface area is 288 Å². The number of hydrogen-bond donors (Lipinski definition) is 4. The third kappa shape index (κ3) is 10.5. The summed E-state index contributed by atoms with van der Waals surface area (Å²) < 4.78 is 12.4. The second kappa shape index (κ2) is 18.9. The highest BCUT2D eigenvalue weighted by molar-refractivity contribution is 5.89. The summed E-state index contributed by atoms with van der Waals surface area (Å²) in [7, 11) is 1.73. The summed E-state index contributed by atoms with van der Waals surface area (Å²) >= 11 is 0. The van der Waals surface area contributed by atoms with Crippen molar-refractivity contribution in [3.8, 4) is 35.2 Å². The average Bonchev–Trinajstić information content (AvgIpc) is 3.58. The first-order chi connectivity index (χ1) is 23.2. The molecule has 0 radical (unpaired) electrons. The van der Waals surface area contributed by atoms with Crippen molar-refractivity contribution in [2.75, 3.05) is 20.3 Å². The van der Waals surface area contributed by atoms with Crippen molar-refractivity contribution < 1.29 is 24.5 Å². The zero-order valence-corrected chi connectivity index (χ0v) is 29.3. The summed E-state index contributed by atoms with van der Waals surface area (Å²) in [5, 5.41) is 21.6. The maximum Gasteiger partial charge on any atom is 0.186 e. The number of aromatic hydroxyl groups is 1. The molecule has 5 rings (SSSR count). The van der Waals surface area contributed by atoms with Crippen LogP contribution in [0.4, 0.5) is 0 Å². The number of aliphatic hydroxyl groups excluding tert-OH is 1. The highest BCUT2D eigenvalue weighted by atomic mass is 16.5. The summed E-state index contributed by atoms with van der Waals surface area (Å²) in [6, 6.07) is 1.70. The topological polar surface area (TPSA) is 140 Å². The van der Waals surface area contributed by atoms with Gasteiger partial charge in [-0.1, -0.05) is 31.8 Å². The molecule has 1 fully saturated rings. The Bertz CT molecular complexity index is 1400. The van der Waals surface area contributed by atoms with E-state index >= 15 is 0 Å². The van der Waals surface area contributed by atoms with Crippen molar-refractivity contribution in [3.05, 3.63) is 34.9 Å². The van der Waals surface area contributed by atoms with Gasteiger partial charge in [-0.05, 0) is 112 Å². The summed E-state index contributed by atoms with van der Waals surface area (Å²) in [5.74, 6) is 14.9. The zero-order chi connectivity index (χ0) is 34.5. The smallest absolute Gasteiger partial charge is 0.186 e. The first kappa shape index (κ1) is 37.4. The molecule has 8 nitrogen and oxygen atoms in total. The number of ketones is 1. The van der Waals surface area contributed by atoms with Gasteiger partial charge in [0.05, 0.1) is 18.1 Å². The Morgan fingerprint density at radius 1 is 1.12 bits per heavy atom. The summed E-state index contributed by atoms with van der Waals surface area (Å²) in [4.78, 5) is 17.8. The first-order valence-corrected chi connectivity index (χ1v) is 18.2. The SMILES string of the molecule is CCC(C=CC(=O)CCc1cc(OC2CCCC2)c(O)c2c1C#CC1CC#CCC(C)CCC2C(COC)CCC1N=C(N)N)CCO. The van der Waals surface area contributed by atoms with Crippen LogP contribution in [0.5, 0.6) is 11.5 Å². The lowest BCUT2D eigenvalue weighted by Gasteiger charge is -2.33. The maximum absolute atomic E-state index is 13.2. The van der Waals surface area contributed by atoms with E-state index < -0.39 is 0 Å². The lowest BCUT2D eigenvalue weighted by molar-refractivity contribution is -0.114. The van der Waals surface area contributed by atoms with Crippen LogP contribution in [0.3, 0.4) is 0 Å². The number of aliphatic imine (C=N–C) groups is 1. The highest BCUT2D eigenvalue weighted by Gasteiger charge is 2.34. The normalized spacial score (nSPS) is 25.1. The van der Waals surface area contributed by atoms with Crippen molar-refractivity contribution in [2.24, 2.45) is 40.1 Å². The number of carbonyl (C=O) groups is 1. The number of carbonyl (C=O) groups excluding carboxylic acids is 1. The van der Waals surface area contributed by atoms with Crippen LogP contribution in [-0.2, 0) is 16.0 Å². The fourth-order valence-corrected chi connectivity index (χ4v) is 7.50. The van der Waals surface area contributed by atoms with Crippen LogP contribution in [-0.4, -0.2) is 54.4 Å². The van der Waals surface area contributed by atoms with Gasteiger partial charge < -0.3 is 31.2 Å². The molecule has 6 unspecified atom stereocenters. The van der Waals surface area contributed by atoms with Gasteiger partial charge in [-0.15, -0.1) is 11.8 Å². The van der Waals surface area contributed by atoms with Crippen LogP contribution in [0.2, 0.25) is 0 Å². The van der Waals surface area contributed by atoms with Gasteiger partial charge in [-0.2, -0.15) is 0 Å².